The normalized spacial score (nSPS) is 19.7. The largest absolute Gasteiger partial charge is 0.416 e. The second-order valence-corrected chi connectivity index (χ2v) is 4.55. The van der Waals surface area contributed by atoms with Crippen LogP contribution in [0.3, 0.4) is 0 Å². The zero-order chi connectivity index (χ0) is 12.5. The number of rotatable bonds is 1. The van der Waals surface area contributed by atoms with Gasteiger partial charge in [-0.1, -0.05) is 25.5 Å². The van der Waals surface area contributed by atoms with Crippen LogP contribution in [0, 0.1) is 5.92 Å². The number of benzene rings is 1. The second-order valence-electron chi connectivity index (χ2n) is 4.55. The lowest BCUT2D eigenvalue weighted by molar-refractivity contribution is -0.138. The SMILES string of the molecule is CC[C@@H]1CNCc2c(cccc2C(F)(F)F)C1.Cl. The molecule has 0 unspecified atom stereocenters. The molecule has 0 bridgehead atoms. The van der Waals surface area contributed by atoms with E-state index < -0.39 is 11.7 Å². The molecular formula is C13H17ClF3N. The van der Waals surface area contributed by atoms with Gasteiger partial charge in [-0.2, -0.15) is 13.2 Å². The average molecular weight is 280 g/mol. The third kappa shape index (κ3) is 3.18. The Morgan fingerprint density at radius 3 is 2.67 bits per heavy atom. The minimum atomic E-state index is -4.25. The van der Waals surface area contributed by atoms with Crippen LogP contribution in [-0.4, -0.2) is 6.54 Å². The molecule has 0 aliphatic carbocycles. The fourth-order valence-electron chi connectivity index (χ4n) is 2.37. The van der Waals surface area contributed by atoms with Crippen molar-refractivity contribution < 1.29 is 13.2 Å². The van der Waals surface area contributed by atoms with E-state index in [2.05, 4.69) is 12.2 Å². The summed E-state index contributed by atoms with van der Waals surface area (Å²) in [6, 6.07) is 4.51. The Morgan fingerprint density at radius 2 is 2.06 bits per heavy atom. The van der Waals surface area contributed by atoms with Gasteiger partial charge < -0.3 is 5.32 Å². The molecule has 5 heteroatoms. The molecule has 18 heavy (non-hydrogen) atoms. The summed E-state index contributed by atoms with van der Waals surface area (Å²) in [5, 5.41) is 3.12. The summed E-state index contributed by atoms with van der Waals surface area (Å²) in [4.78, 5) is 0. The maximum Gasteiger partial charge on any atom is 0.416 e. The van der Waals surface area contributed by atoms with Crippen molar-refractivity contribution in [1.82, 2.24) is 5.32 Å². The van der Waals surface area contributed by atoms with Crippen molar-refractivity contribution in [2.45, 2.75) is 32.5 Å². The summed E-state index contributed by atoms with van der Waals surface area (Å²) >= 11 is 0. The Bertz CT molecular complexity index is 404. The van der Waals surface area contributed by atoms with Gasteiger partial charge in [0.2, 0.25) is 0 Å². The van der Waals surface area contributed by atoms with E-state index in [9.17, 15) is 13.2 Å². The van der Waals surface area contributed by atoms with Gasteiger partial charge in [0.15, 0.2) is 0 Å². The molecule has 1 aromatic carbocycles. The molecule has 1 atom stereocenters. The monoisotopic (exact) mass is 279 g/mol. The number of halogens is 4. The number of alkyl halides is 3. The van der Waals surface area contributed by atoms with Gasteiger partial charge in [-0.3, -0.25) is 0 Å². The van der Waals surface area contributed by atoms with E-state index in [4.69, 9.17) is 0 Å². The van der Waals surface area contributed by atoms with Gasteiger partial charge in [0.05, 0.1) is 5.56 Å². The summed E-state index contributed by atoms with van der Waals surface area (Å²) in [5.41, 5.74) is 0.784. The first-order valence-corrected chi connectivity index (χ1v) is 5.91. The van der Waals surface area contributed by atoms with Gasteiger partial charge in [-0.15, -0.1) is 12.4 Å². The Balaban J connectivity index is 0.00000162. The van der Waals surface area contributed by atoms with E-state index in [0.717, 1.165) is 24.9 Å². The topological polar surface area (TPSA) is 12.0 Å². The minimum Gasteiger partial charge on any atom is -0.312 e. The Kier molecular flexibility index (Phi) is 5.05. The third-order valence-corrected chi connectivity index (χ3v) is 3.40. The standard InChI is InChI=1S/C13H16F3N.ClH/c1-2-9-6-10-4-3-5-12(13(14,15)16)11(10)8-17-7-9;/h3-5,9,17H,2,6-8H2,1H3;1H/t9-;/m0./s1. The van der Waals surface area contributed by atoms with Crippen LogP contribution in [0.1, 0.15) is 30.0 Å². The van der Waals surface area contributed by atoms with E-state index in [1.165, 1.54) is 12.1 Å². The fraction of sp³-hybridized carbons (Fsp3) is 0.538. The Hall–Kier alpha value is -0.740. The first-order valence-electron chi connectivity index (χ1n) is 5.91. The Labute approximate surface area is 111 Å². The number of hydrogen-bond donors (Lipinski definition) is 1. The molecule has 1 N–H and O–H groups in total. The van der Waals surface area contributed by atoms with Crippen molar-refractivity contribution in [2.75, 3.05) is 6.54 Å². The summed E-state index contributed by atoms with van der Waals surface area (Å²) in [5.74, 6) is 0.430. The van der Waals surface area contributed by atoms with Crippen molar-refractivity contribution in [3.05, 3.63) is 34.9 Å². The molecule has 0 radical (unpaired) electrons. The van der Waals surface area contributed by atoms with Crippen LogP contribution >= 0.6 is 12.4 Å². The smallest absolute Gasteiger partial charge is 0.312 e. The van der Waals surface area contributed by atoms with E-state index in [1.807, 2.05) is 6.07 Å². The molecule has 0 spiro atoms. The maximum atomic E-state index is 12.9. The van der Waals surface area contributed by atoms with E-state index in [0.29, 0.717) is 18.0 Å². The molecule has 0 saturated carbocycles. The molecule has 1 heterocycles. The van der Waals surface area contributed by atoms with Gasteiger partial charge >= 0.3 is 6.18 Å². The zero-order valence-electron chi connectivity index (χ0n) is 10.2. The number of nitrogens with one attached hydrogen (secondary N) is 1. The van der Waals surface area contributed by atoms with Crippen molar-refractivity contribution in [3.8, 4) is 0 Å². The highest BCUT2D eigenvalue weighted by Gasteiger charge is 2.34. The van der Waals surface area contributed by atoms with Crippen molar-refractivity contribution in [3.63, 3.8) is 0 Å². The lowest BCUT2D eigenvalue weighted by Crippen LogP contribution is -2.20. The molecule has 2 rings (SSSR count). The van der Waals surface area contributed by atoms with Gasteiger partial charge in [-0.25, -0.2) is 0 Å². The van der Waals surface area contributed by atoms with Crippen LogP contribution < -0.4 is 5.32 Å². The van der Waals surface area contributed by atoms with E-state index >= 15 is 0 Å². The maximum absolute atomic E-state index is 12.9. The third-order valence-electron chi connectivity index (χ3n) is 3.40. The highest BCUT2D eigenvalue weighted by atomic mass is 35.5. The molecule has 0 aromatic heterocycles. The lowest BCUT2D eigenvalue weighted by Gasteiger charge is -2.15. The van der Waals surface area contributed by atoms with Gasteiger partial charge in [0.1, 0.15) is 0 Å². The van der Waals surface area contributed by atoms with Crippen molar-refractivity contribution in [1.29, 1.82) is 0 Å². The zero-order valence-corrected chi connectivity index (χ0v) is 11.0. The molecule has 102 valence electrons. The fourth-order valence-corrected chi connectivity index (χ4v) is 2.37. The van der Waals surface area contributed by atoms with Crippen LogP contribution in [0.2, 0.25) is 0 Å². The quantitative estimate of drug-likeness (QED) is 0.824. The van der Waals surface area contributed by atoms with Crippen molar-refractivity contribution >= 4 is 12.4 Å². The van der Waals surface area contributed by atoms with Crippen molar-refractivity contribution in [2.24, 2.45) is 5.92 Å². The van der Waals surface area contributed by atoms with E-state index in [1.54, 1.807) is 0 Å². The van der Waals surface area contributed by atoms with Crippen LogP contribution in [0.15, 0.2) is 18.2 Å². The molecule has 1 nitrogen and oxygen atoms in total. The predicted molar refractivity (Wildman–Crippen MR) is 67.9 cm³/mol. The molecule has 0 amide bonds. The minimum absolute atomic E-state index is 0. The van der Waals surface area contributed by atoms with Gasteiger partial charge in [0, 0.05) is 6.54 Å². The molecule has 1 aliphatic rings. The summed E-state index contributed by atoms with van der Waals surface area (Å²) in [7, 11) is 0. The summed E-state index contributed by atoms with van der Waals surface area (Å²) < 4.78 is 38.6. The molecule has 0 fully saturated rings. The van der Waals surface area contributed by atoms with Gasteiger partial charge in [-0.05, 0) is 36.1 Å². The number of hydrogen-bond acceptors (Lipinski definition) is 1. The van der Waals surface area contributed by atoms with Crippen LogP contribution in [0.4, 0.5) is 13.2 Å². The summed E-state index contributed by atoms with van der Waals surface area (Å²) in [6.07, 6.45) is -2.52. The lowest BCUT2D eigenvalue weighted by atomic mass is 9.93. The first-order chi connectivity index (χ1) is 8.02. The summed E-state index contributed by atoms with van der Waals surface area (Å²) in [6.45, 7) is 3.19. The Morgan fingerprint density at radius 1 is 1.33 bits per heavy atom. The van der Waals surface area contributed by atoms with Crippen LogP contribution in [0.5, 0.6) is 0 Å². The predicted octanol–water partition coefficient (Wildman–Crippen LogP) is 3.80. The highest BCUT2D eigenvalue weighted by Crippen LogP contribution is 2.34. The first kappa shape index (κ1) is 15.3. The molecule has 0 saturated heterocycles. The van der Waals surface area contributed by atoms with Gasteiger partial charge in [0.25, 0.3) is 0 Å². The number of fused-ring (bicyclic) bond motifs is 1. The highest BCUT2D eigenvalue weighted by molar-refractivity contribution is 5.85. The molecule has 1 aromatic rings. The molecule has 1 aliphatic heterocycles. The van der Waals surface area contributed by atoms with Crippen LogP contribution in [-0.2, 0) is 19.1 Å². The average Bonchev–Trinajstić information content (AvgIpc) is 2.48. The van der Waals surface area contributed by atoms with E-state index in [-0.39, 0.29) is 12.4 Å². The second kappa shape index (κ2) is 5.93. The van der Waals surface area contributed by atoms with Crippen LogP contribution in [0.25, 0.3) is 0 Å². The molecular weight excluding hydrogens is 263 g/mol.